The zero-order chi connectivity index (χ0) is 14.1. The van der Waals surface area contributed by atoms with Gasteiger partial charge in [-0.25, -0.2) is 0 Å². The number of benzene rings is 1. The summed E-state index contributed by atoms with van der Waals surface area (Å²) in [5, 5.41) is 4.73. The van der Waals surface area contributed by atoms with Crippen LogP contribution < -0.4 is 5.56 Å². The number of rotatable bonds is 3. The highest BCUT2D eigenvalue weighted by Gasteiger charge is 2.12. The molecule has 0 aliphatic heterocycles. The summed E-state index contributed by atoms with van der Waals surface area (Å²) < 4.78 is 2.37. The lowest BCUT2D eigenvalue weighted by molar-refractivity contribution is 0.875. The largest absolute Gasteiger partial charge is 0.278 e. The van der Waals surface area contributed by atoms with E-state index in [1.54, 1.807) is 18.7 Å². The molecule has 0 saturated heterocycles. The summed E-state index contributed by atoms with van der Waals surface area (Å²) in [7, 11) is 0. The maximum Gasteiger partial charge on any atom is 0.278 e. The van der Waals surface area contributed by atoms with Gasteiger partial charge in [-0.05, 0) is 12.5 Å². The molecule has 0 fully saturated rings. The Morgan fingerprint density at radius 2 is 2.10 bits per heavy atom. The third-order valence-electron chi connectivity index (χ3n) is 2.76. The molecule has 3 rings (SSSR count). The van der Waals surface area contributed by atoms with E-state index in [2.05, 4.69) is 22.2 Å². The normalized spacial score (nSPS) is 11.1. The van der Waals surface area contributed by atoms with Gasteiger partial charge in [0.25, 0.3) is 5.56 Å². The lowest BCUT2D eigenvalue weighted by Gasteiger charge is -1.97. The van der Waals surface area contributed by atoms with Gasteiger partial charge in [0, 0.05) is 5.75 Å². The molecule has 0 atom stereocenters. The van der Waals surface area contributed by atoms with Crippen molar-refractivity contribution in [2.45, 2.75) is 17.0 Å². The van der Waals surface area contributed by atoms with Crippen molar-refractivity contribution in [3.05, 3.63) is 57.0 Å². The van der Waals surface area contributed by atoms with Gasteiger partial charge in [0.1, 0.15) is 5.15 Å². The van der Waals surface area contributed by atoms with E-state index in [-0.39, 0.29) is 5.56 Å². The molecule has 0 aliphatic rings. The molecule has 0 bridgehead atoms. The van der Waals surface area contributed by atoms with Gasteiger partial charge in [0.15, 0.2) is 4.34 Å². The van der Waals surface area contributed by atoms with E-state index < -0.39 is 0 Å². The first kappa shape index (κ1) is 13.6. The van der Waals surface area contributed by atoms with Crippen molar-refractivity contribution in [3.8, 4) is 0 Å². The van der Waals surface area contributed by atoms with Crippen LogP contribution in [0.1, 0.15) is 11.1 Å². The SMILES string of the molecule is Cc1c(Cl)n2nc(SCc3ccccc3)sc2nc1=O. The fourth-order valence-electron chi connectivity index (χ4n) is 1.66. The Bertz CT molecular complexity index is 814. The number of thioether (sulfide) groups is 1. The van der Waals surface area contributed by atoms with Crippen LogP contribution in [0.2, 0.25) is 5.15 Å². The second-order valence-corrected chi connectivity index (χ2v) is 6.71. The van der Waals surface area contributed by atoms with Gasteiger partial charge in [0.2, 0.25) is 4.96 Å². The maximum atomic E-state index is 11.6. The average molecular weight is 324 g/mol. The Hall–Kier alpha value is -1.37. The Morgan fingerprint density at radius 1 is 1.35 bits per heavy atom. The molecule has 4 nitrogen and oxygen atoms in total. The molecule has 0 unspecified atom stereocenters. The minimum Gasteiger partial charge on any atom is -0.267 e. The lowest BCUT2D eigenvalue weighted by Crippen LogP contribution is -2.12. The smallest absolute Gasteiger partial charge is 0.267 e. The van der Waals surface area contributed by atoms with Crippen molar-refractivity contribution >= 4 is 39.7 Å². The van der Waals surface area contributed by atoms with Crippen LogP contribution in [-0.2, 0) is 5.75 Å². The van der Waals surface area contributed by atoms with Crippen LogP contribution in [-0.4, -0.2) is 14.6 Å². The number of nitrogens with zero attached hydrogens (tertiary/aromatic N) is 3. The molecule has 1 aromatic carbocycles. The summed E-state index contributed by atoms with van der Waals surface area (Å²) in [5.74, 6) is 0.821. The number of fused-ring (bicyclic) bond motifs is 1. The number of hydrogen-bond acceptors (Lipinski definition) is 5. The summed E-state index contributed by atoms with van der Waals surface area (Å²) in [4.78, 5) is 16.1. The molecule has 7 heteroatoms. The van der Waals surface area contributed by atoms with Gasteiger partial charge in [0.05, 0.1) is 5.56 Å². The first-order valence-electron chi connectivity index (χ1n) is 5.88. The molecule has 0 saturated carbocycles. The summed E-state index contributed by atoms with van der Waals surface area (Å²) in [6.45, 7) is 1.65. The minimum absolute atomic E-state index is 0.293. The van der Waals surface area contributed by atoms with Gasteiger partial charge in [-0.2, -0.15) is 9.50 Å². The highest BCUT2D eigenvalue weighted by molar-refractivity contribution is 8.00. The van der Waals surface area contributed by atoms with E-state index in [1.165, 1.54) is 21.4 Å². The summed E-state index contributed by atoms with van der Waals surface area (Å²) >= 11 is 9.10. The summed E-state index contributed by atoms with van der Waals surface area (Å²) in [6.07, 6.45) is 0. The molecule has 2 heterocycles. The van der Waals surface area contributed by atoms with E-state index in [1.807, 2.05) is 18.2 Å². The van der Waals surface area contributed by atoms with Crippen LogP contribution in [0.3, 0.4) is 0 Å². The second kappa shape index (κ2) is 5.55. The molecule has 0 spiro atoms. The van der Waals surface area contributed by atoms with Crippen LogP contribution in [0.25, 0.3) is 4.96 Å². The summed E-state index contributed by atoms with van der Waals surface area (Å²) in [6, 6.07) is 10.1. The third kappa shape index (κ3) is 2.59. The number of aromatic nitrogens is 3. The maximum absolute atomic E-state index is 11.6. The van der Waals surface area contributed by atoms with Gasteiger partial charge in [-0.15, -0.1) is 5.10 Å². The predicted octanol–water partition coefficient (Wildman–Crippen LogP) is 3.41. The fourth-order valence-corrected chi connectivity index (χ4v) is 3.79. The second-order valence-electron chi connectivity index (χ2n) is 4.17. The van der Waals surface area contributed by atoms with Crippen LogP contribution in [0.15, 0.2) is 39.5 Å². The Balaban J connectivity index is 1.90. The highest BCUT2D eigenvalue weighted by atomic mass is 35.5. The highest BCUT2D eigenvalue weighted by Crippen LogP contribution is 2.28. The fraction of sp³-hybridized carbons (Fsp3) is 0.154. The van der Waals surface area contributed by atoms with E-state index in [0.717, 1.165) is 10.1 Å². The Kier molecular flexibility index (Phi) is 3.78. The minimum atomic E-state index is -0.293. The quantitative estimate of drug-likeness (QED) is 0.547. The van der Waals surface area contributed by atoms with Crippen LogP contribution >= 0.6 is 34.7 Å². The Labute approximate surface area is 128 Å². The van der Waals surface area contributed by atoms with Gasteiger partial charge in [-0.3, -0.25) is 4.79 Å². The van der Waals surface area contributed by atoms with E-state index in [4.69, 9.17) is 11.6 Å². The molecule has 0 N–H and O–H groups in total. The number of halogens is 1. The van der Waals surface area contributed by atoms with Crippen molar-refractivity contribution < 1.29 is 0 Å². The van der Waals surface area contributed by atoms with Crippen molar-refractivity contribution in [2.24, 2.45) is 0 Å². The van der Waals surface area contributed by atoms with Gasteiger partial charge in [-0.1, -0.05) is 65.0 Å². The molecule has 0 aliphatic carbocycles. The first-order valence-corrected chi connectivity index (χ1v) is 8.06. The molecule has 0 amide bonds. The average Bonchev–Trinajstić information content (AvgIpc) is 2.87. The predicted molar refractivity (Wildman–Crippen MR) is 82.9 cm³/mol. The van der Waals surface area contributed by atoms with Gasteiger partial charge >= 0.3 is 0 Å². The third-order valence-corrected chi connectivity index (χ3v) is 5.32. The summed E-state index contributed by atoms with van der Waals surface area (Å²) in [5.41, 5.74) is 1.36. The van der Waals surface area contributed by atoms with Crippen molar-refractivity contribution in [2.75, 3.05) is 0 Å². The number of hydrogen-bond donors (Lipinski definition) is 0. The van der Waals surface area contributed by atoms with Crippen molar-refractivity contribution in [1.82, 2.24) is 14.6 Å². The van der Waals surface area contributed by atoms with Gasteiger partial charge < -0.3 is 0 Å². The molecule has 2 aromatic heterocycles. The van der Waals surface area contributed by atoms with Crippen LogP contribution in [0, 0.1) is 6.92 Å². The van der Waals surface area contributed by atoms with Crippen molar-refractivity contribution in [1.29, 1.82) is 0 Å². The standard InChI is InChI=1S/C13H10ClN3OS2/c1-8-10(14)17-12(15-11(8)18)20-13(16-17)19-7-9-5-3-2-4-6-9/h2-6H,7H2,1H3. The molecular weight excluding hydrogens is 314 g/mol. The zero-order valence-corrected chi connectivity index (χ0v) is 12.9. The molecule has 102 valence electrons. The van der Waals surface area contributed by atoms with E-state index in [0.29, 0.717) is 15.7 Å². The van der Waals surface area contributed by atoms with Crippen LogP contribution in [0.4, 0.5) is 0 Å². The van der Waals surface area contributed by atoms with E-state index >= 15 is 0 Å². The zero-order valence-electron chi connectivity index (χ0n) is 10.5. The topological polar surface area (TPSA) is 47.3 Å². The first-order chi connectivity index (χ1) is 9.65. The lowest BCUT2D eigenvalue weighted by atomic mass is 10.2. The van der Waals surface area contributed by atoms with Crippen LogP contribution in [0.5, 0.6) is 0 Å². The van der Waals surface area contributed by atoms with E-state index in [9.17, 15) is 4.79 Å². The molecule has 3 aromatic rings. The Morgan fingerprint density at radius 3 is 2.85 bits per heavy atom. The molecule has 0 radical (unpaired) electrons. The molecule has 20 heavy (non-hydrogen) atoms. The van der Waals surface area contributed by atoms with Crippen molar-refractivity contribution in [3.63, 3.8) is 0 Å². The monoisotopic (exact) mass is 323 g/mol. The molecular formula is C13H10ClN3OS2.